The number of ketones is 1. The minimum atomic E-state index is -0.660. The second-order valence-electron chi connectivity index (χ2n) is 3.48. The average molecular weight is 290 g/mol. The Morgan fingerprint density at radius 3 is 2.81 bits per heavy atom. The van der Waals surface area contributed by atoms with Gasteiger partial charge >= 0.3 is 0 Å². The van der Waals surface area contributed by atoms with Gasteiger partial charge in [0, 0.05) is 18.0 Å². The van der Waals surface area contributed by atoms with Crippen LogP contribution in [0.3, 0.4) is 0 Å². The third-order valence-electron chi connectivity index (χ3n) is 2.06. The summed E-state index contributed by atoms with van der Waals surface area (Å²) >= 11 is 3.16. The number of halogens is 2. The summed E-state index contributed by atoms with van der Waals surface area (Å²) in [6.45, 7) is 0.176. The molecule has 3 nitrogen and oxygen atoms in total. The molecule has 0 fully saturated rings. The first-order chi connectivity index (χ1) is 7.52. The number of carbonyl (C=O) groups is 1. The van der Waals surface area contributed by atoms with E-state index < -0.39 is 6.04 Å². The van der Waals surface area contributed by atoms with Gasteiger partial charge in [0.05, 0.1) is 12.6 Å². The number of methoxy groups -OCH3 is 1. The van der Waals surface area contributed by atoms with E-state index in [-0.39, 0.29) is 24.6 Å². The van der Waals surface area contributed by atoms with Crippen molar-refractivity contribution in [2.75, 3.05) is 13.7 Å². The van der Waals surface area contributed by atoms with Gasteiger partial charge in [-0.3, -0.25) is 4.79 Å². The van der Waals surface area contributed by atoms with Crippen LogP contribution in [0.5, 0.6) is 0 Å². The maximum Gasteiger partial charge on any atom is 0.156 e. The first-order valence-corrected chi connectivity index (χ1v) is 5.54. The lowest BCUT2D eigenvalue weighted by atomic mass is 10.0. The van der Waals surface area contributed by atoms with Crippen LogP contribution in [0.15, 0.2) is 22.7 Å². The molecule has 0 radical (unpaired) electrons. The maximum absolute atomic E-state index is 13.0. The molecule has 0 aromatic heterocycles. The molecule has 88 valence electrons. The van der Waals surface area contributed by atoms with E-state index in [1.54, 1.807) is 6.07 Å². The Labute approximate surface area is 102 Å². The van der Waals surface area contributed by atoms with E-state index in [2.05, 4.69) is 15.9 Å². The van der Waals surface area contributed by atoms with Gasteiger partial charge in [-0.15, -0.1) is 0 Å². The van der Waals surface area contributed by atoms with E-state index >= 15 is 0 Å². The molecule has 0 bridgehead atoms. The molecule has 0 saturated carbocycles. The van der Waals surface area contributed by atoms with Crippen LogP contribution in [0.25, 0.3) is 0 Å². The molecule has 5 heteroatoms. The van der Waals surface area contributed by atoms with Gasteiger partial charge in [-0.1, -0.05) is 15.9 Å². The lowest BCUT2D eigenvalue weighted by Gasteiger charge is -2.09. The fourth-order valence-electron chi connectivity index (χ4n) is 1.32. The zero-order valence-electron chi connectivity index (χ0n) is 8.87. The van der Waals surface area contributed by atoms with Crippen LogP contribution in [0.1, 0.15) is 5.56 Å². The average Bonchev–Trinajstić information content (AvgIpc) is 2.16. The first kappa shape index (κ1) is 13.3. The molecule has 0 heterocycles. The minimum Gasteiger partial charge on any atom is -0.383 e. The Balaban J connectivity index is 2.69. The molecule has 0 aliphatic carbocycles. The molecule has 16 heavy (non-hydrogen) atoms. The molecular weight excluding hydrogens is 277 g/mol. The monoisotopic (exact) mass is 289 g/mol. The number of nitrogens with two attached hydrogens (primary N) is 1. The molecule has 0 spiro atoms. The number of rotatable bonds is 5. The summed E-state index contributed by atoms with van der Waals surface area (Å²) in [6.07, 6.45) is 0.112. The number of benzene rings is 1. The van der Waals surface area contributed by atoms with Gasteiger partial charge in [0.1, 0.15) is 5.82 Å². The van der Waals surface area contributed by atoms with E-state index in [0.717, 1.165) is 0 Å². The number of carbonyl (C=O) groups excluding carboxylic acids is 1. The normalized spacial score (nSPS) is 12.5. The molecule has 0 saturated heterocycles. The molecule has 1 aromatic carbocycles. The number of Topliss-reactive ketones (excluding diaryl/α,β-unsaturated/α-hetero) is 1. The molecular formula is C11H13BrFNO2. The highest BCUT2D eigenvalue weighted by Crippen LogP contribution is 2.15. The predicted octanol–water partition coefficient (Wildman–Crippen LogP) is 1.67. The Morgan fingerprint density at radius 2 is 2.25 bits per heavy atom. The largest absolute Gasteiger partial charge is 0.383 e. The van der Waals surface area contributed by atoms with Crippen molar-refractivity contribution in [3.63, 3.8) is 0 Å². The van der Waals surface area contributed by atoms with Crippen molar-refractivity contribution in [1.82, 2.24) is 0 Å². The molecule has 1 unspecified atom stereocenters. The summed E-state index contributed by atoms with van der Waals surface area (Å²) in [7, 11) is 1.48. The summed E-state index contributed by atoms with van der Waals surface area (Å²) in [6, 6.07) is 3.69. The second kappa shape index (κ2) is 6.08. The van der Waals surface area contributed by atoms with Crippen molar-refractivity contribution in [2.24, 2.45) is 5.73 Å². The SMILES string of the molecule is COCC(N)C(=O)Cc1cc(F)cc(Br)c1. The topological polar surface area (TPSA) is 52.3 Å². The van der Waals surface area contributed by atoms with Crippen molar-refractivity contribution < 1.29 is 13.9 Å². The zero-order valence-corrected chi connectivity index (χ0v) is 10.5. The highest BCUT2D eigenvalue weighted by Gasteiger charge is 2.14. The summed E-state index contributed by atoms with van der Waals surface area (Å²) in [5, 5.41) is 0. The molecule has 0 aliphatic rings. The number of hydrogen-bond acceptors (Lipinski definition) is 3. The summed E-state index contributed by atoms with van der Waals surface area (Å²) < 4.78 is 18.4. The van der Waals surface area contributed by atoms with Crippen LogP contribution < -0.4 is 5.73 Å². The van der Waals surface area contributed by atoms with Crippen LogP contribution in [-0.2, 0) is 16.0 Å². The van der Waals surface area contributed by atoms with Crippen molar-refractivity contribution >= 4 is 21.7 Å². The van der Waals surface area contributed by atoms with Gasteiger partial charge in [-0.05, 0) is 23.8 Å². The van der Waals surface area contributed by atoms with Crippen LogP contribution in [0.2, 0.25) is 0 Å². The Hall–Kier alpha value is -0.780. The lowest BCUT2D eigenvalue weighted by Crippen LogP contribution is -2.35. The number of hydrogen-bond donors (Lipinski definition) is 1. The van der Waals surface area contributed by atoms with Gasteiger partial charge in [-0.2, -0.15) is 0 Å². The maximum atomic E-state index is 13.0. The molecule has 0 aliphatic heterocycles. The van der Waals surface area contributed by atoms with Crippen molar-refractivity contribution in [1.29, 1.82) is 0 Å². The van der Waals surface area contributed by atoms with Crippen LogP contribution >= 0.6 is 15.9 Å². The molecule has 1 atom stereocenters. The third kappa shape index (κ3) is 4.00. The fourth-order valence-corrected chi connectivity index (χ4v) is 1.83. The molecule has 1 rings (SSSR count). The van der Waals surface area contributed by atoms with Gasteiger partial charge in [0.15, 0.2) is 5.78 Å². The Kier molecular flexibility index (Phi) is 5.05. The fraction of sp³-hybridized carbons (Fsp3) is 0.364. The molecule has 0 amide bonds. The van der Waals surface area contributed by atoms with E-state index in [9.17, 15) is 9.18 Å². The summed E-state index contributed by atoms with van der Waals surface area (Å²) in [5.74, 6) is -0.545. The van der Waals surface area contributed by atoms with Gasteiger partial charge in [0.25, 0.3) is 0 Å². The standard InChI is InChI=1S/C11H13BrFNO2/c1-16-6-10(14)11(15)4-7-2-8(12)5-9(13)3-7/h2-3,5,10H,4,6,14H2,1H3. The summed E-state index contributed by atoms with van der Waals surface area (Å²) in [4.78, 5) is 11.6. The Morgan fingerprint density at radius 1 is 1.56 bits per heavy atom. The highest BCUT2D eigenvalue weighted by molar-refractivity contribution is 9.10. The lowest BCUT2D eigenvalue weighted by molar-refractivity contribution is -0.120. The van der Waals surface area contributed by atoms with E-state index in [1.165, 1.54) is 19.2 Å². The van der Waals surface area contributed by atoms with Gasteiger partial charge in [-0.25, -0.2) is 4.39 Å². The van der Waals surface area contributed by atoms with Crippen molar-refractivity contribution in [3.05, 3.63) is 34.1 Å². The number of ether oxygens (including phenoxy) is 1. The molecule has 2 N–H and O–H groups in total. The summed E-state index contributed by atoms with van der Waals surface area (Å²) in [5.41, 5.74) is 6.17. The van der Waals surface area contributed by atoms with Gasteiger partial charge < -0.3 is 10.5 Å². The second-order valence-corrected chi connectivity index (χ2v) is 4.40. The first-order valence-electron chi connectivity index (χ1n) is 4.75. The minimum absolute atomic E-state index is 0.112. The quantitative estimate of drug-likeness (QED) is 0.897. The smallest absolute Gasteiger partial charge is 0.156 e. The van der Waals surface area contributed by atoms with Crippen molar-refractivity contribution in [3.8, 4) is 0 Å². The Bertz CT molecular complexity index is 364. The zero-order chi connectivity index (χ0) is 12.1. The molecule has 1 aromatic rings. The third-order valence-corrected chi connectivity index (χ3v) is 2.52. The van der Waals surface area contributed by atoms with E-state index in [0.29, 0.717) is 10.0 Å². The highest BCUT2D eigenvalue weighted by atomic mass is 79.9. The van der Waals surface area contributed by atoms with Crippen LogP contribution in [0.4, 0.5) is 4.39 Å². The van der Waals surface area contributed by atoms with E-state index in [4.69, 9.17) is 10.5 Å². The predicted molar refractivity (Wildman–Crippen MR) is 62.7 cm³/mol. The van der Waals surface area contributed by atoms with Crippen molar-refractivity contribution in [2.45, 2.75) is 12.5 Å². The van der Waals surface area contributed by atoms with E-state index in [1.807, 2.05) is 0 Å². The van der Waals surface area contributed by atoms with Crippen LogP contribution in [0, 0.1) is 5.82 Å². The van der Waals surface area contributed by atoms with Gasteiger partial charge in [0.2, 0.25) is 0 Å². The van der Waals surface area contributed by atoms with Crippen LogP contribution in [-0.4, -0.2) is 25.5 Å².